The molecule has 1 aromatic heterocycles. The van der Waals surface area contributed by atoms with E-state index in [0.29, 0.717) is 47.7 Å². The van der Waals surface area contributed by atoms with Crippen molar-refractivity contribution in [3.8, 4) is 23.0 Å². The van der Waals surface area contributed by atoms with Crippen LogP contribution in [0, 0.1) is 0 Å². The predicted octanol–water partition coefficient (Wildman–Crippen LogP) is 4.72. The number of amides is 1. The largest absolute Gasteiger partial charge is 0.507 e. The van der Waals surface area contributed by atoms with Crippen molar-refractivity contribution in [2.24, 2.45) is 0 Å². The smallest absolute Gasteiger partial charge is 0.300 e. The number of methoxy groups -OCH3 is 2. The third-order valence-corrected chi connectivity index (χ3v) is 5.72. The molecule has 1 atom stereocenters. The zero-order valence-electron chi connectivity index (χ0n) is 20.4. The molecule has 4 rings (SSSR count). The number of carbonyl (C=O) groups is 2. The number of furan rings is 1. The van der Waals surface area contributed by atoms with Crippen molar-refractivity contribution in [1.29, 1.82) is 0 Å². The van der Waals surface area contributed by atoms with Crippen LogP contribution in [-0.4, -0.2) is 44.2 Å². The molecule has 2 aromatic carbocycles. The summed E-state index contributed by atoms with van der Waals surface area (Å²) in [5.41, 5.74) is 0.490. The third kappa shape index (κ3) is 4.35. The first kappa shape index (κ1) is 24.7. The molecule has 0 spiro atoms. The van der Waals surface area contributed by atoms with Gasteiger partial charge in [0.25, 0.3) is 11.7 Å². The lowest BCUT2D eigenvalue weighted by Crippen LogP contribution is -2.29. The lowest BCUT2D eigenvalue weighted by molar-refractivity contribution is -0.132. The highest BCUT2D eigenvalue weighted by molar-refractivity contribution is 6.51. The SMILES string of the molecule is CCOc1ccc(/C(O)=C2/C(=O)C(=O)N(c3ccc(OC)c(OC)c3)C2c2ccco2)c(OCC)c1. The number of benzene rings is 2. The van der Waals surface area contributed by atoms with Crippen LogP contribution in [-0.2, 0) is 9.59 Å². The topological polar surface area (TPSA) is 108 Å². The van der Waals surface area contributed by atoms with Crippen molar-refractivity contribution in [3.05, 3.63) is 71.7 Å². The van der Waals surface area contributed by atoms with Gasteiger partial charge in [-0.15, -0.1) is 0 Å². The number of nitrogens with zero attached hydrogens (tertiary/aromatic N) is 1. The van der Waals surface area contributed by atoms with Gasteiger partial charge in [0, 0.05) is 17.8 Å². The lowest BCUT2D eigenvalue weighted by Gasteiger charge is -2.24. The maximum absolute atomic E-state index is 13.4. The van der Waals surface area contributed by atoms with Gasteiger partial charge >= 0.3 is 0 Å². The highest BCUT2D eigenvalue weighted by Crippen LogP contribution is 2.45. The van der Waals surface area contributed by atoms with Gasteiger partial charge < -0.3 is 28.5 Å². The van der Waals surface area contributed by atoms with E-state index in [2.05, 4.69) is 0 Å². The van der Waals surface area contributed by atoms with E-state index in [-0.39, 0.29) is 16.9 Å². The summed E-state index contributed by atoms with van der Waals surface area (Å²) in [6.07, 6.45) is 1.44. The van der Waals surface area contributed by atoms with Gasteiger partial charge in [-0.3, -0.25) is 14.5 Å². The van der Waals surface area contributed by atoms with Gasteiger partial charge in [0.2, 0.25) is 0 Å². The van der Waals surface area contributed by atoms with Crippen molar-refractivity contribution in [1.82, 2.24) is 0 Å². The van der Waals surface area contributed by atoms with Gasteiger partial charge in [-0.05, 0) is 50.2 Å². The molecule has 0 saturated carbocycles. The summed E-state index contributed by atoms with van der Waals surface area (Å²) >= 11 is 0. The molecule has 0 bridgehead atoms. The van der Waals surface area contributed by atoms with Crippen molar-refractivity contribution < 1.29 is 38.1 Å². The monoisotopic (exact) mass is 493 g/mol. The quantitative estimate of drug-likeness (QED) is 0.259. The molecule has 9 nitrogen and oxygen atoms in total. The van der Waals surface area contributed by atoms with Gasteiger partial charge in [0.05, 0.1) is 44.8 Å². The maximum atomic E-state index is 13.4. The average molecular weight is 494 g/mol. The molecule has 1 unspecified atom stereocenters. The van der Waals surface area contributed by atoms with E-state index in [4.69, 9.17) is 23.4 Å². The Morgan fingerprint density at radius 1 is 0.944 bits per heavy atom. The summed E-state index contributed by atoms with van der Waals surface area (Å²) in [6, 6.07) is 12.0. The normalized spacial score (nSPS) is 16.8. The summed E-state index contributed by atoms with van der Waals surface area (Å²) < 4.78 is 27.6. The Balaban J connectivity index is 1.91. The Hall–Kier alpha value is -4.40. The molecule has 1 amide bonds. The second-order valence-corrected chi connectivity index (χ2v) is 7.75. The van der Waals surface area contributed by atoms with Crippen LogP contribution in [0.5, 0.6) is 23.0 Å². The third-order valence-electron chi connectivity index (χ3n) is 5.72. The molecule has 0 aliphatic carbocycles. The average Bonchev–Trinajstić information content (AvgIpc) is 3.50. The summed E-state index contributed by atoms with van der Waals surface area (Å²) in [6.45, 7) is 4.42. The van der Waals surface area contributed by atoms with E-state index < -0.39 is 17.7 Å². The molecule has 1 aliphatic heterocycles. The van der Waals surface area contributed by atoms with Crippen LogP contribution in [0.3, 0.4) is 0 Å². The Kier molecular flexibility index (Phi) is 7.19. The fourth-order valence-corrected chi connectivity index (χ4v) is 4.16. The number of ketones is 1. The summed E-state index contributed by atoms with van der Waals surface area (Å²) in [5.74, 6) is -0.0709. The van der Waals surface area contributed by atoms with E-state index in [1.54, 1.807) is 55.5 Å². The maximum Gasteiger partial charge on any atom is 0.300 e. The number of aliphatic hydroxyl groups is 1. The molecule has 0 radical (unpaired) electrons. The van der Waals surface area contributed by atoms with Crippen LogP contribution in [0.25, 0.3) is 5.76 Å². The van der Waals surface area contributed by atoms with Gasteiger partial charge in [0.15, 0.2) is 11.5 Å². The van der Waals surface area contributed by atoms with Crippen molar-refractivity contribution in [2.75, 3.05) is 32.3 Å². The first-order valence-corrected chi connectivity index (χ1v) is 11.4. The first-order valence-electron chi connectivity index (χ1n) is 11.4. The molecule has 1 N–H and O–H groups in total. The van der Waals surface area contributed by atoms with Crippen LogP contribution < -0.4 is 23.8 Å². The van der Waals surface area contributed by atoms with Crippen LogP contribution in [0.15, 0.2) is 64.8 Å². The molecular formula is C27H27NO8. The Labute approximate surface area is 208 Å². The van der Waals surface area contributed by atoms with Gasteiger partial charge in [0.1, 0.15) is 29.1 Å². The van der Waals surface area contributed by atoms with Crippen LogP contribution in [0.2, 0.25) is 0 Å². The Morgan fingerprint density at radius 3 is 2.33 bits per heavy atom. The number of carbonyl (C=O) groups excluding carboxylic acids is 2. The zero-order chi connectivity index (χ0) is 25.8. The van der Waals surface area contributed by atoms with Crippen LogP contribution in [0.4, 0.5) is 5.69 Å². The van der Waals surface area contributed by atoms with Gasteiger partial charge in [-0.2, -0.15) is 0 Å². The molecule has 188 valence electrons. The second kappa shape index (κ2) is 10.5. The molecule has 1 aliphatic rings. The zero-order valence-corrected chi connectivity index (χ0v) is 20.4. The van der Waals surface area contributed by atoms with E-state index in [1.807, 2.05) is 6.92 Å². The second-order valence-electron chi connectivity index (χ2n) is 7.75. The number of hydrogen-bond acceptors (Lipinski definition) is 8. The molecule has 9 heteroatoms. The van der Waals surface area contributed by atoms with Gasteiger partial charge in [-0.25, -0.2) is 0 Å². The van der Waals surface area contributed by atoms with E-state index >= 15 is 0 Å². The minimum absolute atomic E-state index is 0.130. The number of rotatable bonds is 9. The fraction of sp³-hybridized carbons (Fsp3) is 0.259. The van der Waals surface area contributed by atoms with Crippen molar-refractivity contribution >= 4 is 23.1 Å². The lowest BCUT2D eigenvalue weighted by atomic mass is 9.98. The molecule has 3 aromatic rings. The Bertz CT molecular complexity index is 1300. The molecule has 2 heterocycles. The number of anilines is 1. The number of Topliss-reactive ketones (excluding diaryl/α,β-unsaturated/α-hetero) is 1. The van der Waals surface area contributed by atoms with E-state index in [9.17, 15) is 14.7 Å². The number of aliphatic hydroxyl groups excluding tert-OH is 1. The number of ether oxygens (including phenoxy) is 4. The predicted molar refractivity (Wildman–Crippen MR) is 132 cm³/mol. The number of hydrogen-bond donors (Lipinski definition) is 1. The molecule has 1 fully saturated rings. The molecule has 1 saturated heterocycles. The van der Waals surface area contributed by atoms with Gasteiger partial charge in [-0.1, -0.05) is 0 Å². The molecular weight excluding hydrogens is 466 g/mol. The fourth-order valence-electron chi connectivity index (χ4n) is 4.16. The summed E-state index contributed by atoms with van der Waals surface area (Å²) in [7, 11) is 2.97. The highest BCUT2D eigenvalue weighted by atomic mass is 16.5. The first-order chi connectivity index (χ1) is 17.4. The minimum atomic E-state index is -1.03. The Morgan fingerprint density at radius 2 is 1.69 bits per heavy atom. The standard InChI is InChI=1S/C27H27NO8/c1-5-34-17-10-11-18(21(15-17)35-6-2)25(29)23-24(20-8-7-13-36-20)28(27(31)26(23)30)16-9-12-19(32-3)22(14-16)33-4/h7-15,24,29H,5-6H2,1-4H3/b25-23-. The summed E-state index contributed by atoms with van der Waals surface area (Å²) in [4.78, 5) is 27.9. The molecule has 36 heavy (non-hydrogen) atoms. The summed E-state index contributed by atoms with van der Waals surface area (Å²) in [5, 5.41) is 11.4. The van der Waals surface area contributed by atoms with E-state index in [0.717, 1.165) is 0 Å². The van der Waals surface area contributed by atoms with E-state index in [1.165, 1.54) is 25.4 Å². The minimum Gasteiger partial charge on any atom is -0.507 e. The highest BCUT2D eigenvalue weighted by Gasteiger charge is 2.48. The van der Waals surface area contributed by atoms with Crippen LogP contribution >= 0.6 is 0 Å². The van der Waals surface area contributed by atoms with Crippen molar-refractivity contribution in [3.63, 3.8) is 0 Å². The van der Waals surface area contributed by atoms with Crippen LogP contribution in [0.1, 0.15) is 31.2 Å². The van der Waals surface area contributed by atoms with Crippen molar-refractivity contribution in [2.45, 2.75) is 19.9 Å².